The van der Waals surface area contributed by atoms with Crippen molar-refractivity contribution in [2.24, 2.45) is 11.7 Å². The van der Waals surface area contributed by atoms with Crippen LogP contribution in [0.1, 0.15) is 39.5 Å². The molecule has 0 atom stereocenters. The maximum Gasteiger partial charge on any atom is 0.212 e. The van der Waals surface area contributed by atoms with E-state index in [2.05, 4.69) is 4.72 Å². The lowest BCUT2D eigenvalue weighted by Crippen LogP contribution is -2.53. The van der Waals surface area contributed by atoms with Gasteiger partial charge in [0.2, 0.25) is 10.0 Å². The summed E-state index contributed by atoms with van der Waals surface area (Å²) < 4.78 is 26.4. The molecule has 0 saturated heterocycles. The Morgan fingerprint density at radius 3 is 2.12 bits per heavy atom. The molecule has 1 saturated carbocycles. The Morgan fingerprint density at radius 1 is 1.31 bits per heavy atom. The van der Waals surface area contributed by atoms with E-state index in [4.69, 9.17) is 5.73 Å². The van der Waals surface area contributed by atoms with Gasteiger partial charge in [-0.15, -0.1) is 12.4 Å². The lowest BCUT2D eigenvalue weighted by Gasteiger charge is -2.31. The number of sulfonamides is 1. The molecule has 0 aromatic carbocycles. The van der Waals surface area contributed by atoms with Crippen molar-refractivity contribution in [2.75, 3.05) is 12.3 Å². The Bertz CT molecular complexity index is 290. The van der Waals surface area contributed by atoms with Crippen molar-refractivity contribution < 1.29 is 8.42 Å². The largest absolute Gasteiger partial charge is 0.329 e. The maximum atomic E-state index is 11.8. The number of hydrogen-bond donors (Lipinski definition) is 2. The average molecular weight is 271 g/mol. The zero-order chi connectivity index (χ0) is 11.5. The normalized spacial score (nSPS) is 16.9. The molecule has 0 aromatic rings. The van der Waals surface area contributed by atoms with Gasteiger partial charge in [-0.3, -0.25) is 0 Å². The van der Waals surface area contributed by atoms with Gasteiger partial charge in [-0.25, -0.2) is 13.1 Å². The second-order valence-electron chi connectivity index (χ2n) is 4.52. The zero-order valence-electron chi connectivity index (χ0n) is 10.0. The molecule has 0 spiro atoms. The van der Waals surface area contributed by atoms with E-state index in [1.165, 1.54) is 0 Å². The van der Waals surface area contributed by atoms with Crippen LogP contribution in [0.25, 0.3) is 0 Å². The second kappa shape index (κ2) is 6.19. The van der Waals surface area contributed by atoms with Gasteiger partial charge < -0.3 is 5.73 Å². The summed E-state index contributed by atoms with van der Waals surface area (Å²) in [5.74, 6) is 0.654. The van der Waals surface area contributed by atoms with Crippen LogP contribution >= 0.6 is 12.4 Å². The van der Waals surface area contributed by atoms with E-state index < -0.39 is 15.6 Å². The standard InChI is InChI=1S/C10H22N2O2S.ClH/c1-3-10(4-2,8-11)12-15(13,14)7-9-5-6-9;/h9,12H,3-8,11H2,1-2H3;1H. The van der Waals surface area contributed by atoms with E-state index >= 15 is 0 Å². The molecule has 0 heterocycles. The quantitative estimate of drug-likeness (QED) is 0.731. The van der Waals surface area contributed by atoms with Crippen LogP contribution in [0.2, 0.25) is 0 Å². The van der Waals surface area contributed by atoms with Crippen LogP contribution in [0.5, 0.6) is 0 Å². The van der Waals surface area contributed by atoms with E-state index in [1.54, 1.807) is 0 Å². The third-order valence-corrected chi connectivity index (χ3v) is 4.92. The first-order chi connectivity index (χ1) is 6.97. The summed E-state index contributed by atoms with van der Waals surface area (Å²) in [6, 6.07) is 0. The van der Waals surface area contributed by atoms with E-state index in [0.29, 0.717) is 12.5 Å². The molecule has 0 bridgehead atoms. The van der Waals surface area contributed by atoms with Crippen LogP contribution in [0.4, 0.5) is 0 Å². The van der Waals surface area contributed by atoms with E-state index in [-0.39, 0.29) is 18.2 Å². The summed E-state index contributed by atoms with van der Waals surface area (Å²) in [6.07, 6.45) is 3.58. The van der Waals surface area contributed by atoms with Gasteiger partial charge >= 0.3 is 0 Å². The van der Waals surface area contributed by atoms with Crippen molar-refractivity contribution in [2.45, 2.75) is 45.1 Å². The molecule has 1 aliphatic carbocycles. The van der Waals surface area contributed by atoms with E-state index in [1.807, 2.05) is 13.8 Å². The first kappa shape index (κ1) is 16.2. The number of halogens is 1. The van der Waals surface area contributed by atoms with Gasteiger partial charge in [-0.05, 0) is 31.6 Å². The van der Waals surface area contributed by atoms with Crippen LogP contribution in [0, 0.1) is 5.92 Å². The molecule has 3 N–H and O–H groups in total. The Hall–Kier alpha value is 0.160. The smallest absolute Gasteiger partial charge is 0.212 e. The molecule has 1 aliphatic rings. The third-order valence-electron chi connectivity index (χ3n) is 3.27. The van der Waals surface area contributed by atoms with Crippen molar-refractivity contribution in [3.05, 3.63) is 0 Å². The number of hydrogen-bond acceptors (Lipinski definition) is 3. The fourth-order valence-electron chi connectivity index (χ4n) is 1.69. The summed E-state index contributed by atoms with van der Waals surface area (Å²) in [6.45, 7) is 4.30. The number of nitrogens with one attached hydrogen (secondary N) is 1. The Labute approximate surface area is 105 Å². The van der Waals surface area contributed by atoms with Crippen LogP contribution in [-0.4, -0.2) is 26.3 Å². The zero-order valence-corrected chi connectivity index (χ0v) is 11.7. The molecule has 1 rings (SSSR count). The molecule has 1 fully saturated rings. The topological polar surface area (TPSA) is 72.2 Å². The fraction of sp³-hybridized carbons (Fsp3) is 1.00. The molecule has 0 unspecified atom stereocenters. The third kappa shape index (κ3) is 4.57. The summed E-state index contributed by atoms with van der Waals surface area (Å²) in [5, 5.41) is 0. The van der Waals surface area contributed by atoms with Crippen LogP contribution in [-0.2, 0) is 10.0 Å². The monoisotopic (exact) mass is 270 g/mol. The highest BCUT2D eigenvalue weighted by atomic mass is 35.5. The van der Waals surface area contributed by atoms with Gasteiger partial charge in [0.25, 0.3) is 0 Å². The molecule has 0 aliphatic heterocycles. The summed E-state index contributed by atoms with van der Waals surface area (Å²) in [7, 11) is -3.14. The highest BCUT2D eigenvalue weighted by Crippen LogP contribution is 2.30. The molecule has 0 aromatic heterocycles. The van der Waals surface area contributed by atoms with Gasteiger partial charge in [0.1, 0.15) is 0 Å². The molecule has 4 nitrogen and oxygen atoms in total. The first-order valence-electron chi connectivity index (χ1n) is 5.68. The van der Waals surface area contributed by atoms with Crippen molar-refractivity contribution in [3.63, 3.8) is 0 Å². The highest BCUT2D eigenvalue weighted by Gasteiger charge is 2.34. The fourth-order valence-corrected chi connectivity index (χ4v) is 3.76. The highest BCUT2D eigenvalue weighted by molar-refractivity contribution is 7.89. The molecule has 0 amide bonds. The van der Waals surface area contributed by atoms with Gasteiger partial charge in [0, 0.05) is 12.1 Å². The minimum Gasteiger partial charge on any atom is -0.329 e. The van der Waals surface area contributed by atoms with Gasteiger partial charge in [-0.1, -0.05) is 13.8 Å². The average Bonchev–Trinajstić information content (AvgIpc) is 2.97. The molecule has 6 heteroatoms. The molecular weight excluding hydrogens is 248 g/mol. The first-order valence-corrected chi connectivity index (χ1v) is 7.34. The van der Waals surface area contributed by atoms with Crippen LogP contribution in [0.3, 0.4) is 0 Å². The van der Waals surface area contributed by atoms with Crippen LogP contribution < -0.4 is 10.5 Å². The number of rotatable bonds is 7. The summed E-state index contributed by atoms with van der Waals surface area (Å²) in [4.78, 5) is 0. The van der Waals surface area contributed by atoms with Gasteiger partial charge in [0.15, 0.2) is 0 Å². The maximum absolute atomic E-state index is 11.8. The number of nitrogens with two attached hydrogens (primary N) is 1. The Morgan fingerprint density at radius 2 is 1.81 bits per heavy atom. The molecule has 16 heavy (non-hydrogen) atoms. The van der Waals surface area contributed by atoms with Gasteiger partial charge in [-0.2, -0.15) is 0 Å². The Balaban J connectivity index is 0.00000225. The van der Waals surface area contributed by atoms with E-state index in [9.17, 15) is 8.42 Å². The minimum atomic E-state index is -3.14. The minimum absolute atomic E-state index is 0. The van der Waals surface area contributed by atoms with E-state index in [0.717, 1.165) is 25.7 Å². The lowest BCUT2D eigenvalue weighted by molar-refractivity contribution is 0.363. The second-order valence-corrected chi connectivity index (χ2v) is 6.29. The van der Waals surface area contributed by atoms with Crippen LogP contribution in [0.15, 0.2) is 0 Å². The molecule has 0 radical (unpaired) electrons. The van der Waals surface area contributed by atoms with Crippen molar-refractivity contribution in [1.82, 2.24) is 4.72 Å². The van der Waals surface area contributed by atoms with Crippen molar-refractivity contribution >= 4 is 22.4 Å². The molecular formula is C10H23ClN2O2S. The Kier molecular flexibility index (Phi) is 6.25. The van der Waals surface area contributed by atoms with Crippen molar-refractivity contribution in [3.8, 4) is 0 Å². The predicted molar refractivity (Wildman–Crippen MR) is 69.3 cm³/mol. The summed E-state index contributed by atoms with van der Waals surface area (Å²) >= 11 is 0. The van der Waals surface area contributed by atoms with Gasteiger partial charge in [0.05, 0.1) is 5.75 Å². The van der Waals surface area contributed by atoms with Crippen molar-refractivity contribution in [1.29, 1.82) is 0 Å². The lowest BCUT2D eigenvalue weighted by atomic mass is 9.95. The molecule has 98 valence electrons. The summed E-state index contributed by atoms with van der Waals surface area (Å²) in [5.41, 5.74) is 5.22. The predicted octanol–water partition coefficient (Wildman–Crippen LogP) is 1.26. The SMILES string of the molecule is CCC(CC)(CN)NS(=O)(=O)CC1CC1.Cl.